The van der Waals surface area contributed by atoms with E-state index in [2.05, 4.69) is 24.0 Å². The third-order valence-corrected chi connectivity index (χ3v) is 5.50. The summed E-state index contributed by atoms with van der Waals surface area (Å²) in [6.07, 6.45) is 8.05. The number of hydrogen-bond donors (Lipinski definition) is 1. The maximum absolute atomic E-state index is 5.51. The van der Waals surface area contributed by atoms with Crippen LogP contribution in [0.1, 0.15) is 45.4 Å². The Labute approximate surface area is 110 Å². The second kappa shape index (κ2) is 7.65. The van der Waals surface area contributed by atoms with Crippen LogP contribution in [0.2, 0.25) is 0 Å². The predicted octanol–water partition coefficient (Wildman–Crippen LogP) is 3.07. The lowest BCUT2D eigenvalue weighted by molar-refractivity contribution is 0.0530. The van der Waals surface area contributed by atoms with Gasteiger partial charge in [0.1, 0.15) is 0 Å². The molecule has 2 unspecified atom stereocenters. The summed E-state index contributed by atoms with van der Waals surface area (Å²) in [5.41, 5.74) is 0. The van der Waals surface area contributed by atoms with E-state index in [-0.39, 0.29) is 0 Å². The van der Waals surface area contributed by atoms with Gasteiger partial charge in [0, 0.05) is 24.5 Å². The zero-order chi connectivity index (χ0) is 11.9. The summed E-state index contributed by atoms with van der Waals surface area (Å²) in [7, 11) is 0. The van der Waals surface area contributed by atoms with Crippen LogP contribution in [0.15, 0.2) is 0 Å². The van der Waals surface area contributed by atoms with E-state index in [1.165, 1.54) is 50.8 Å². The standard InChI is InChI=1S/C14H27NOS/c1-2-8-15-14(12-6-9-16-10-7-12)13-5-3-4-11-17-13/h12-15H,2-11H2,1H3. The number of rotatable bonds is 5. The van der Waals surface area contributed by atoms with Gasteiger partial charge >= 0.3 is 0 Å². The second-order valence-electron chi connectivity index (χ2n) is 5.33. The first-order valence-electron chi connectivity index (χ1n) is 7.34. The average Bonchev–Trinajstić information content (AvgIpc) is 2.42. The van der Waals surface area contributed by atoms with Crippen LogP contribution in [0.5, 0.6) is 0 Å². The summed E-state index contributed by atoms with van der Waals surface area (Å²) in [5.74, 6) is 2.23. The highest BCUT2D eigenvalue weighted by Crippen LogP contribution is 2.33. The smallest absolute Gasteiger partial charge is 0.0469 e. The molecular formula is C14H27NOS. The first-order chi connectivity index (χ1) is 8.42. The van der Waals surface area contributed by atoms with Gasteiger partial charge < -0.3 is 10.1 Å². The molecule has 3 heteroatoms. The Bertz CT molecular complexity index is 182. The number of ether oxygens (including phenoxy) is 1. The highest BCUT2D eigenvalue weighted by atomic mass is 32.2. The van der Waals surface area contributed by atoms with Crippen molar-refractivity contribution in [1.29, 1.82) is 0 Å². The second-order valence-corrected chi connectivity index (χ2v) is 6.68. The van der Waals surface area contributed by atoms with E-state index in [9.17, 15) is 0 Å². The molecular weight excluding hydrogens is 230 g/mol. The first kappa shape index (κ1) is 13.7. The molecule has 0 amide bonds. The van der Waals surface area contributed by atoms with E-state index in [0.29, 0.717) is 0 Å². The van der Waals surface area contributed by atoms with Gasteiger partial charge in [-0.15, -0.1) is 0 Å². The lowest BCUT2D eigenvalue weighted by atomic mass is 9.87. The molecule has 100 valence electrons. The summed E-state index contributed by atoms with van der Waals surface area (Å²) < 4.78 is 5.51. The highest BCUT2D eigenvalue weighted by Gasteiger charge is 2.31. The van der Waals surface area contributed by atoms with E-state index >= 15 is 0 Å². The molecule has 0 aromatic carbocycles. The van der Waals surface area contributed by atoms with Gasteiger partial charge in [-0.1, -0.05) is 13.3 Å². The zero-order valence-electron chi connectivity index (χ0n) is 11.1. The fourth-order valence-electron chi connectivity index (χ4n) is 3.04. The Balaban J connectivity index is 1.90. The van der Waals surface area contributed by atoms with Gasteiger partial charge in [-0.25, -0.2) is 0 Å². The fourth-order valence-corrected chi connectivity index (χ4v) is 4.57. The van der Waals surface area contributed by atoms with Crippen molar-refractivity contribution in [3.8, 4) is 0 Å². The molecule has 1 N–H and O–H groups in total. The maximum Gasteiger partial charge on any atom is 0.0469 e. The van der Waals surface area contributed by atoms with Gasteiger partial charge in [0.15, 0.2) is 0 Å². The third-order valence-electron chi connectivity index (χ3n) is 4.02. The molecule has 2 aliphatic rings. The van der Waals surface area contributed by atoms with Crippen LogP contribution < -0.4 is 5.32 Å². The Morgan fingerprint density at radius 1 is 1.24 bits per heavy atom. The molecule has 2 saturated heterocycles. The van der Waals surface area contributed by atoms with E-state index in [0.717, 1.165) is 30.4 Å². The number of thioether (sulfide) groups is 1. The molecule has 0 saturated carbocycles. The van der Waals surface area contributed by atoms with Crippen LogP contribution in [-0.2, 0) is 4.74 Å². The van der Waals surface area contributed by atoms with E-state index < -0.39 is 0 Å². The van der Waals surface area contributed by atoms with Crippen molar-refractivity contribution in [1.82, 2.24) is 5.32 Å². The first-order valence-corrected chi connectivity index (χ1v) is 8.39. The number of hydrogen-bond acceptors (Lipinski definition) is 3. The van der Waals surface area contributed by atoms with Crippen LogP contribution in [0.4, 0.5) is 0 Å². The monoisotopic (exact) mass is 257 g/mol. The van der Waals surface area contributed by atoms with Gasteiger partial charge in [-0.05, 0) is 50.3 Å². The number of nitrogens with one attached hydrogen (secondary N) is 1. The highest BCUT2D eigenvalue weighted by molar-refractivity contribution is 8.00. The average molecular weight is 257 g/mol. The van der Waals surface area contributed by atoms with Crippen molar-refractivity contribution in [2.75, 3.05) is 25.5 Å². The minimum absolute atomic E-state index is 0.740. The fraction of sp³-hybridized carbons (Fsp3) is 1.00. The summed E-state index contributed by atoms with van der Waals surface area (Å²) in [4.78, 5) is 0. The van der Waals surface area contributed by atoms with Crippen molar-refractivity contribution in [3.05, 3.63) is 0 Å². The Morgan fingerprint density at radius 3 is 2.71 bits per heavy atom. The molecule has 2 aliphatic heterocycles. The summed E-state index contributed by atoms with van der Waals surface area (Å²) >= 11 is 2.21. The largest absolute Gasteiger partial charge is 0.381 e. The van der Waals surface area contributed by atoms with Gasteiger partial charge in [0.05, 0.1) is 0 Å². The zero-order valence-corrected chi connectivity index (χ0v) is 11.9. The minimum atomic E-state index is 0.740. The molecule has 2 nitrogen and oxygen atoms in total. The molecule has 2 atom stereocenters. The van der Waals surface area contributed by atoms with Crippen molar-refractivity contribution in [2.24, 2.45) is 5.92 Å². The van der Waals surface area contributed by atoms with E-state index in [1.54, 1.807) is 0 Å². The molecule has 0 aromatic rings. The summed E-state index contributed by atoms with van der Waals surface area (Å²) in [6.45, 7) is 5.40. The SMILES string of the molecule is CCCNC(C1CCOCC1)C1CCCCS1. The molecule has 2 heterocycles. The Morgan fingerprint density at radius 2 is 2.06 bits per heavy atom. The molecule has 2 fully saturated rings. The quantitative estimate of drug-likeness (QED) is 0.818. The topological polar surface area (TPSA) is 21.3 Å². The van der Waals surface area contributed by atoms with Crippen molar-refractivity contribution < 1.29 is 4.74 Å². The van der Waals surface area contributed by atoms with Gasteiger partial charge in [0.2, 0.25) is 0 Å². The van der Waals surface area contributed by atoms with Crippen LogP contribution >= 0.6 is 11.8 Å². The Hall–Kier alpha value is 0.270. The molecule has 17 heavy (non-hydrogen) atoms. The lowest BCUT2D eigenvalue weighted by Gasteiger charge is -2.38. The summed E-state index contributed by atoms with van der Waals surface area (Å²) in [6, 6.07) is 0.740. The van der Waals surface area contributed by atoms with Crippen molar-refractivity contribution in [2.45, 2.75) is 56.7 Å². The van der Waals surface area contributed by atoms with Gasteiger partial charge in [-0.3, -0.25) is 0 Å². The molecule has 0 radical (unpaired) electrons. The van der Waals surface area contributed by atoms with Crippen molar-refractivity contribution >= 4 is 11.8 Å². The van der Waals surface area contributed by atoms with Gasteiger partial charge in [-0.2, -0.15) is 11.8 Å². The summed E-state index contributed by atoms with van der Waals surface area (Å²) in [5, 5.41) is 4.69. The van der Waals surface area contributed by atoms with E-state index in [4.69, 9.17) is 4.74 Å². The van der Waals surface area contributed by atoms with Crippen LogP contribution in [0.3, 0.4) is 0 Å². The minimum Gasteiger partial charge on any atom is -0.381 e. The van der Waals surface area contributed by atoms with Crippen LogP contribution in [0.25, 0.3) is 0 Å². The van der Waals surface area contributed by atoms with Crippen LogP contribution in [0, 0.1) is 5.92 Å². The molecule has 0 aliphatic carbocycles. The molecule has 0 aromatic heterocycles. The predicted molar refractivity (Wildman–Crippen MR) is 75.7 cm³/mol. The molecule has 0 spiro atoms. The van der Waals surface area contributed by atoms with Crippen molar-refractivity contribution in [3.63, 3.8) is 0 Å². The lowest BCUT2D eigenvalue weighted by Crippen LogP contribution is -2.47. The normalized spacial score (nSPS) is 29.1. The molecule has 0 bridgehead atoms. The molecule has 2 rings (SSSR count). The van der Waals surface area contributed by atoms with E-state index in [1.807, 2.05) is 0 Å². The van der Waals surface area contributed by atoms with Crippen LogP contribution in [-0.4, -0.2) is 36.8 Å². The maximum atomic E-state index is 5.51. The Kier molecular flexibility index (Phi) is 6.16. The van der Waals surface area contributed by atoms with Gasteiger partial charge in [0.25, 0.3) is 0 Å². The third kappa shape index (κ3) is 4.15.